The Labute approximate surface area is 211 Å². The van der Waals surface area contributed by atoms with Gasteiger partial charge in [-0.05, 0) is 35.4 Å². The van der Waals surface area contributed by atoms with E-state index in [0.717, 1.165) is 72.1 Å². The van der Waals surface area contributed by atoms with Crippen molar-refractivity contribution in [3.05, 3.63) is 103 Å². The average molecular weight is 476 g/mol. The number of hydrogen-bond acceptors (Lipinski definition) is 5. The van der Waals surface area contributed by atoms with E-state index in [2.05, 4.69) is 93.4 Å². The van der Waals surface area contributed by atoms with Crippen molar-refractivity contribution in [1.29, 1.82) is 0 Å². The van der Waals surface area contributed by atoms with Crippen LogP contribution in [0.4, 0.5) is 5.82 Å². The summed E-state index contributed by atoms with van der Waals surface area (Å²) >= 11 is 0. The van der Waals surface area contributed by atoms with Crippen LogP contribution in [0.25, 0.3) is 27.8 Å². The van der Waals surface area contributed by atoms with Gasteiger partial charge in [0.1, 0.15) is 17.9 Å². The molecule has 0 amide bonds. The van der Waals surface area contributed by atoms with E-state index < -0.39 is 0 Å². The number of piperazine rings is 1. The second kappa shape index (κ2) is 9.84. The number of ether oxygens (including phenoxy) is 1. The lowest BCUT2D eigenvalue weighted by Crippen LogP contribution is -2.46. The molecule has 180 valence electrons. The lowest BCUT2D eigenvalue weighted by atomic mass is 10.1. The molecule has 6 rings (SSSR count). The van der Waals surface area contributed by atoms with E-state index in [1.807, 2.05) is 12.1 Å². The molecule has 1 saturated heterocycles. The van der Waals surface area contributed by atoms with Crippen LogP contribution in [0, 0.1) is 0 Å². The third-order valence-electron chi connectivity index (χ3n) is 6.92. The molecule has 1 fully saturated rings. The predicted octanol–water partition coefficient (Wildman–Crippen LogP) is 5.42. The van der Waals surface area contributed by atoms with Crippen LogP contribution in [0.1, 0.15) is 5.56 Å². The summed E-state index contributed by atoms with van der Waals surface area (Å²) in [6.07, 6.45) is 3.88. The molecular formula is C30H29N5O. The first kappa shape index (κ1) is 22.3. The van der Waals surface area contributed by atoms with Crippen LogP contribution in [-0.4, -0.2) is 52.7 Å². The Bertz CT molecular complexity index is 1440. The highest BCUT2D eigenvalue weighted by molar-refractivity contribution is 6.02. The van der Waals surface area contributed by atoms with Gasteiger partial charge in [0.2, 0.25) is 0 Å². The zero-order valence-corrected chi connectivity index (χ0v) is 20.4. The number of benzene rings is 3. The van der Waals surface area contributed by atoms with Crippen LogP contribution in [0.15, 0.2) is 97.5 Å². The number of hydrogen-bond donors (Lipinski definition) is 0. The normalized spacial score (nSPS) is 14.3. The molecule has 5 aromatic rings. The molecule has 0 saturated carbocycles. The molecule has 3 heterocycles. The van der Waals surface area contributed by atoms with Crippen molar-refractivity contribution in [3.63, 3.8) is 0 Å². The van der Waals surface area contributed by atoms with E-state index in [0.29, 0.717) is 0 Å². The van der Waals surface area contributed by atoms with Crippen molar-refractivity contribution in [2.45, 2.75) is 6.54 Å². The number of aromatic nitrogens is 3. The quantitative estimate of drug-likeness (QED) is 0.328. The highest BCUT2D eigenvalue weighted by atomic mass is 16.5. The van der Waals surface area contributed by atoms with E-state index in [4.69, 9.17) is 14.7 Å². The Balaban J connectivity index is 1.37. The Morgan fingerprint density at radius 1 is 0.778 bits per heavy atom. The number of rotatable bonds is 6. The molecule has 3 aromatic carbocycles. The first-order valence-electron chi connectivity index (χ1n) is 12.4. The van der Waals surface area contributed by atoms with Crippen LogP contribution >= 0.6 is 0 Å². The van der Waals surface area contributed by atoms with Gasteiger partial charge >= 0.3 is 0 Å². The summed E-state index contributed by atoms with van der Waals surface area (Å²) in [7, 11) is 1.69. The van der Waals surface area contributed by atoms with E-state index in [1.165, 1.54) is 5.56 Å². The Morgan fingerprint density at radius 2 is 1.47 bits per heavy atom. The topological polar surface area (TPSA) is 46.4 Å². The van der Waals surface area contributed by atoms with Gasteiger partial charge in [-0.15, -0.1) is 0 Å². The number of anilines is 1. The number of nitrogens with zero attached hydrogens (tertiary/aromatic N) is 5. The minimum atomic E-state index is 0.835. The van der Waals surface area contributed by atoms with Gasteiger partial charge in [0.15, 0.2) is 5.65 Å². The zero-order chi connectivity index (χ0) is 24.3. The molecule has 2 aromatic heterocycles. The molecule has 0 radical (unpaired) electrons. The van der Waals surface area contributed by atoms with Gasteiger partial charge < -0.3 is 14.2 Å². The van der Waals surface area contributed by atoms with E-state index >= 15 is 0 Å². The molecule has 1 aliphatic rings. The lowest BCUT2D eigenvalue weighted by Gasteiger charge is -2.35. The Morgan fingerprint density at radius 3 is 2.17 bits per heavy atom. The van der Waals surface area contributed by atoms with Crippen molar-refractivity contribution in [2.24, 2.45) is 0 Å². The predicted molar refractivity (Wildman–Crippen MR) is 145 cm³/mol. The van der Waals surface area contributed by atoms with Gasteiger partial charge in [0.25, 0.3) is 0 Å². The molecule has 0 aliphatic carbocycles. The minimum Gasteiger partial charge on any atom is -0.497 e. The lowest BCUT2D eigenvalue weighted by molar-refractivity contribution is 0.249. The molecule has 36 heavy (non-hydrogen) atoms. The van der Waals surface area contributed by atoms with Crippen LogP contribution in [-0.2, 0) is 6.54 Å². The maximum absolute atomic E-state index is 5.37. The number of fused-ring (bicyclic) bond motifs is 1. The molecular weight excluding hydrogens is 446 g/mol. The Hall–Kier alpha value is -4.16. The molecule has 0 N–H and O–H groups in total. The van der Waals surface area contributed by atoms with Crippen molar-refractivity contribution in [3.8, 4) is 22.6 Å². The summed E-state index contributed by atoms with van der Waals surface area (Å²) in [6, 6.07) is 29.3. The van der Waals surface area contributed by atoms with Crippen molar-refractivity contribution in [2.75, 3.05) is 38.2 Å². The number of methoxy groups -OCH3 is 1. The first-order valence-corrected chi connectivity index (χ1v) is 12.4. The summed E-state index contributed by atoms with van der Waals surface area (Å²) in [5.74, 6) is 1.84. The highest BCUT2D eigenvalue weighted by Crippen LogP contribution is 2.37. The molecule has 0 bridgehead atoms. The smallest absolute Gasteiger partial charge is 0.150 e. The van der Waals surface area contributed by atoms with Crippen molar-refractivity contribution >= 4 is 16.9 Å². The summed E-state index contributed by atoms with van der Waals surface area (Å²) in [4.78, 5) is 14.5. The fourth-order valence-electron chi connectivity index (χ4n) is 5.02. The van der Waals surface area contributed by atoms with Gasteiger partial charge in [-0.3, -0.25) is 4.90 Å². The van der Waals surface area contributed by atoms with Crippen LogP contribution in [0.3, 0.4) is 0 Å². The SMILES string of the molecule is COc1ccc(-n2cc(-c3ccccc3)c3c(N4CCN(Cc5ccccc5)CC4)ncnc32)cc1. The molecule has 0 unspecified atom stereocenters. The first-order chi connectivity index (χ1) is 17.8. The van der Waals surface area contributed by atoms with Crippen LogP contribution in [0.5, 0.6) is 5.75 Å². The molecule has 0 spiro atoms. The average Bonchev–Trinajstić information content (AvgIpc) is 3.35. The fraction of sp³-hybridized carbons (Fsp3) is 0.200. The second-order valence-corrected chi connectivity index (χ2v) is 9.12. The van der Waals surface area contributed by atoms with Crippen LogP contribution in [0.2, 0.25) is 0 Å². The van der Waals surface area contributed by atoms with Gasteiger partial charge in [-0.25, -0.2) is 9.97 Å². The highest BCUT2D eigenvalue weighted by Gasteiger charge is 2.24. The summed E-state index contributed by atoms with van der Waals surface area (Å²) in [5, 5.41) is 1.09. The minimum absolute atomic E-state index is 0.835. The van der Waals surface area contributed by atoms with Gasteiger partial charge in [-0.2, -0.15) is 0 Å². The summed E-state index contributed by atoms with van der Waals surface area (Å²) < 4.78 is 7.53. The largest absolute Gasteiger partial charge is 0.497 e. The summed E-state index contributed by atoms with van der Waals surface area (Å²) in [5.41, 5.74) is 5.62. The third-order valence-corrected chi connectivity index (χ3v) is 6.92. The van der Waals surface area contributed by atoms with Gasteiger partial charge in [-0.1, -0.05) is 60.7 Å². The molecule has 6 heteroatoms. The van der Waals surface area contributed by atoms with E-state index in [-0.39, 0.29) is 0 Å². The third kappa shape index (κ3) is 4.32. The standard InChI is InChI=1S/C30H29N5O/c1-36-26-14-12-25(13-15-26)35-21-27(24-10-6-3-7-11-24)28-29(31-22-32-30(28)35)34-18-16-33(17-19-34)20-23-8-4-2-5-9-23/h2-15,21-22H,16-20H2,1H3. The fourth-order valence-corrected chi connectivity index (χ4v) is 5.02. The van der Waals surface area contributed by atoms with Crippen molar-refractivity contribution < 1.29 is 4.74 Å². The molecule has 1 aliphatic heterocycles. The maximum atomic E-state index is 5.37. The molecule has 6 nitrogen and oxygen atoms in total. The van der Waals surface area contributed by atoms with Crippen LogP contribution < -0.4 is 9.64 Å². The monoisotopic (exact) mass is 475 g/mol. The molecule has 0 atom stereocenters. The Kier molecular flexibility index (Phi) is 6.10. The van der Waals surface area contributed by atoms with Gasteiger partial charge in [0.05, 0.1) is 12.5 Å². The van der Waals surface area contributed by atoms with E-state index in [1.54, 1.807) is 13.4 Å². The zero-order valence-electron chi connectivity index (χ0n) is 20.4. The second-order valence-electron chi connectivity index (χ2n) is 9.12. The maximum Gasteiger partial charge on any atom is 0.150 e. The van der Waals surface area contributed by atoms with E-state index in [9.17, 15) is 0 Å². The summed E-state index contributed by atoms with van der Waals surface area (Å²) in [6.45, 7) is 4.85. The van der Waals surface area contributed by atoms with Gasteiger partial charge in [0, 0.05) is 50.2 Å². The van der Waals surface area contributed by atoms with Crippen molar-refractivity contribution in [1.82, 2.24) is 19.4 Å².